The van der Waals surface area contributed by atoms with Gasteiger partial charge >= 0.3 is 0 Å². The molecule has 2 aliphatic rings. The molecule has 51 heavy (non-hydrogen) atoms. The van der Waals surface area contributed by atoms with Gasteiger partial charge in [-0.1, -0.05) is 6.08 Å². The number of pyridine rings is 3. The Morgan fingerprint density at radius 3 is 2.39 bits per heavy atom. The van der Waals surface area contributed by atoms with Crippen molar-refractivity contribution in [2.45, 2.75) is 65.6 Å². The fourth-order valence-corrected chi connectivity index (χ4v) is 8.04. The SMILES string of the molecule is COc1ccc2c(n1)C1C[C@H]1C=C2c1cc2c(cn1)nc(Cn1cc(-c3cc(F)c4nc(C)n(C(C)C)c4c3)c3ccc(OC)nc31)n2C(C)C. The van der Waals surface area contributed by atoms with Crippen molar-refractivity contribution in [3.63, 3.8) is 0 Å². The van der Waals surface area contributed by atoms with E-state index in [9.17, 15) is 0 Å². The van der Waals surface area contributed by atoms with Crippen LogP contribution < -0.4 is 9.47 Å². The average Bonchev–Trinajstić information content (AvgIpc) is 3.52. The van der Waals surface area contributed by atoms with Gasteiger partial charge in [0.15, 0.2) is 5.82 Å². The molecule has 0 aliphatic heterocycles. The molecule has 1 unspecified atom stereocenters. The molecule has 10 nitrogen and oxygen atoms in total. The first-order valence-corrected chi connectivity index (χ1v) is 17.5. The third-order valence-electron chi connectivity index (χ3n) is 10.4. The highest BCUT2D eigenvalue weighted by Gasteiger charge is 2.43. The van der Waals surface area contributed by atoms with Gasteiger partial charge in [-0.05, 0) is 82.9 Å². The summed E-state index contributed by atoms with van der Waals surface area (Å²) < 4.78 is 33.1. The number of hydrogen-bond acceptors (Lipinski definition) is 7. The second kappa shape index (κ2) is 11.5. The number of allylic oxidation sites excluding steroid dienone is 1. The topological polar surface area (TPSA) is 97.7 Å². The molecule has 2 atom stereocenters. The summed E-state index contributed by atoms with van der Waals surface area (Å²) >= 11 is 0. The number of halogens is 1. The van der Waals surface area contributed by atoms with Gasteiger partial charge in [0.25, 0.3) is 0 Å². The molecule has 1 saturated carbocycles. The molecule has 7 aromatic rings. The van der Waals surface area contributed by atoms with E-state index in [1.807, 2.05) is 43.6 Å². The number of methoxy groups -OCH3 is 2. The summed E-state index contributed by atoms with van der Waals surface area (Å²) in [7, 11) is 3.27. The van der Waals surface area contributed by atoms with Gasteiger partial charge in [0.1, 0.15) is 28.3 Å². The summed E-state index contributed by atoms with van der Waals surface area (Å²) in [5.41, 5.74) is 9.57. The monoisotopic (exact) mass is 682 g/mol. The lowest BCUT2D eigenvalue weighted by Crippen LogP contribution is -2.11. The first-order valence-electron chi connectivity index (χ1n) is 17.5. The van der Waals surface area contributed by atoms with Crippen LogP contribution in [-0.2, 0) is 6.54 Å². The Hall–Kier alpha value is -5.58. The third kappa shape index (κ3) is 4.92. The van der Waals surface area contributed by atoms with Gasteiger partial charge in [-0.3, -0.25) is 4.98 Å². The number of aryl methyl sites for hydroxylation is 1. The van der Waals surface area contributed by atoms with E-state index >= 15 is 4.39 Å². The Balaban J connectivity index is 1.16. The summed E-state index contributed by atoms with van der Waals surface area (Å²) in [4.78, 5) is 24.3. The molecule has 1 fully saturated rings. The zero-order valence-electron chi connectivity index (χ0n) is 29.8. The quantitative estimate of drug-likeness (QED) is 0.159. The van der Waals surface area contributed by atoms with Gasteiger partial charge in [0.2, 0.25) is 11.8 Å². The summed E-state index contributed by atoms with van der Waals surface area (Å²) in [6.45, 7) is 10.9. The maximum Gasteiger partial charge on any atom is 0.214 e. The molecule has 6 aromatic heterocycles. The lowest BCUT2D eigenvalue weighted by molar-refractivity contribution is 0.396. The van der Waals surface area contributed by atoms with E-state index in [-0.39, 0.29) is 17.9 Å². The van der Waals surface area contributed by atoms with Crippen LogP contribution in [0, 0.1) is 18.7 Å². The number of rotatable bonds is 8. The Morgan fingerprint density at radius 1 is 0.863 bits per heavy atom. The molecule has 0 saturated heterocycles. The Bertz CT molecular complexity index is 2580. The maximum atomic E-state index is 15.7. The van der Waals surface area contributed by atoms with E-state index in [0.29, 0.717) is 35.7 Å². The van der Waals surface area contributed by atoms with Crippen LogP contribution in [0.3, 0.4) is 0 Å². The van der Waals surface area contributed by atoms with Crippen molar-refractivity contribution in [1.29, 1.82) is 0 Å². The Morgan fingerprint density at radius 2 is 1.63 bits per heavy atom. The van der Waals surface area contributed by atoms with E-state index in [0.717, 1.165) is 79.3 Å². The van der Waals surface area contributed by atoms with Crippen molar-refractivity contribution in [1.82, 2.24) is 38.6 Å². The Labute approximate surface area is 294 Å². The number of fused-ring (bicyclic) bond motifs is 6. The zero-order valence-corrected chi connectivity index (χ0v) is 29.8. The van der Waals surface area contributed by atoms with Crippen molar-refractivity contribution >= 4 is 38.7 Å². The zero-order chi connectivity index (χ0) is 35.3. The molecule has 11 heteroatoms. The minimum Gasteiger partial charge on any atom is -0.481 e. The van der Waals surface area contributed by atoms with Crippen LogP contribution in [0.4, 0.5) is 4.39 Å². The first kappa shape index (κ1) is 31.4. The van der Waals surface area contributed by atoms with E-state index < -0.39 is 0 Å². The molecular weight excluding hydrogens is 643 g/mol. The lowest BCUT2D eigenvalue weighted by atomic mass is 9.92. The van der Waals surface area contributed by atoms with E-state index in [4.69, 9.17) is 29.4 Å². The number of nitrogens with zero attached hydrogens (tertiary/aromatic N) is 8. The summed E-state index contributed by atoms with van der Waals surface area (Å²) in [5, 5.41) is 0.893. The van der Waals surface area contributed by atoms with Crippen LogP contribution in [0.5, 0.6) is 11.8 Å². The van der Waals surface area contributed by atoms with Gasteiger partial charge in [-0.15, -0.1) is 0 Å². The van der Waals surface area contributed by atoms with E-state index in [1.54, 1.807) is 20.3 Å². The molecule has 9 rings (SSSR count). The predicted octanol–water partition coefficient (Wildman–Crippen LogP) is 8.42. The minimum atomic E-state index is -0.347. The molecule has 2 aliphatic carbocycles. The van der Waals surface area contributed by atoms with Crippen molar-refractivity contribution < 1.29 is 13.9 Å². The molecule has 6 heterocycles. The Kier molecular flexibility index (Phi) is 7.07. The molecule has 0 amide bonds. The van der Waals surface area contributed by atoms with Gasteiger partial charge in [0, 0.05) is 58.4 Å². The fourth-order valence-electron chi connectivity index (χ4n) is 8.04. The summed E-state index contributed by atoms with van der Waals surface area (Å²) in [5.74, 6) is 3.37. The van der Waals surface area contributed by atoms with Crippen LogP contribution in [-0.4, -0.2) is 52.8 Å². The molecule has 0 radical (unpaired) electrons. The first-order chi connectivity index (χ1) is 24.6. The van der Waals surface area contributed by atoms with Crippen LogP contribution in [0.15, 0.2) is 60.9 Å². The van der Waals surface area contributed by atoms with Crippen LogP contribution in [0.2, 0.25) is 0 Å². The number of benzene rings is 1. The van der Waals surface area contributed by atoms with Crippen molar-refractivity contribution in [3.05, 3.63) is 95.4 Å². The number of hydrogen-bond donors (Lipinski definition) is 0. The van der Waals surface area contributed by atoms with Crippen molar-refractivity contribution in [2.75, 3.05) is 14.2 Å². The van der Waals surface area contributed by atoms with Crippen LogP contribution in [0.25, 0.3) is 49.8 Å². The van der Waals surface area contributed by atoms with Gasteiger partial charge < -0.3 is 23.2 Å². The highest BCUT2D eigenvalue weighted by atomic mass is 19.1. The molecule has 1 aromatic carbocycles. The highest BCUT2D eigenvalue weighted by Crippen LogP contribution is 2.55. The van der Waals surface area contributed by atoms with E-state index in [2.05, 4.69) is 64.6 Å². The van der Waals surface area contributed by atoms with Crippen molar-refractivity contribution in [2.24, 2.45) is 5.92 Å². The number of aromatic nitrogens is 8. The molecule has 0 N–H and O–H groups in total. The lowest BCUT2D eigenvalue weighted by Gasteiger charge is -2.18. The normalized spacial score (nSPS) is 16.7. The van der Waals surface area contributed by atoms with Crippen molar-refractivity contribution in [3.8, 4) is 22.9 Å². The van der Waals surface area contributed by atoms with Gasteiger partial charge in [0.05, 0.1) is 49.4 Å². The van der Waals surface area contributed by atoms with Gasteiger partial charge in [-0.25, -0.2) is 19.3 Å². The standard InChI is InChI=1S/C40H39FN8O2/c1-20(2)48-22(5)43-39-30(41)14-24(15-34(39)48)29-18-47(40-26(29)9-11-37(46-40)51-7)19-35-44-32-17-42-31(16-33(32)49(35)21(3)4)28-13-23-12-27(23)38-25(28)8-10-36(45-38)50-6/h8-11,13-18,20-21,23,27H,12,19H2,1-7H3/t23-,27?/m0/s1. The third-order valence-corrected chi connectivity index (χ3v) is 10.4. The van der Waals surface area contributed by atoms with Gasteiger partial charge in [-0.2, -0.15) is 4.98 Å². The second-order valence-electron chi connectivity index (χ2n) is 14.3. The fraction of sp³-hybridized carbons (Fsp3) is 0.325. The summed E-state index contributed by atoms with van der Waals surface area (Å²) in [6, 6.07) is 13.9. The number of imidazole rings is 2. The maximum absolute atomic E-state index is 15.7. The predicted molar refractivity (Wildman–Crippen MR) is 196 cm³/mol. The smallest absolute Gasteiger partial charge is 0.214 e. The molecule has 0 bridgehead atoms. The second-order valence-corrected chi connectivity index (χ2v) is 14.3. The number of ether oxygens (including phenoxy) is 2. The van der Waals surface area contributed by atoms with E-state index in [1.165, 1.54) is 0 Å². The molecular formula is C40H39FN8O2. The minimum absolute atomic E-state index is 0.117. The van der Waals surface area contributed by atoms with Crippen LogP contribution >= 0.6 is 0 Å². The highest BCUT2D eigenvalue weighted by molar-refractivity contribution is 5.97. The summed E-state index contributed by atoms with van der Waals surface area (Å²) in [6.07, 6.45) is 7.38. The largest absolute Gasteiger partial charge is 0.481 e. The average molecular weight is 683 g/mol. The molecule has 258 valence electrons. The van der Waals surface area contributed by atoms with Crippen LogP contribution in [0.1, 0.15) is 80.7 Å². The molecule has 0 spiro atoms.